The Bertz CT molecular complexity index is 709. The summed E-state index contributed by atoms with van der Waals surface area (Å²) in [5, 5.41) is 8.61. The molecule has 0 amide bonds. The molecule has 0 fully saturated rings. The summed E-state index contributed by atoms with van der Waals surface area (Å²) in [6.45, 7) is 0. The Balaban J connectivity index is 2.73. The van der Waals surface area contributed by atoms with Gasteiger partial charge < -0.3 is 5.11 Å². The summed E-state index contributed by atoms with van der Waals surface area (Å²) in [7, 11) is -7.12. The van der Waals surface area contributed by atoms with E-state index < -0.39 is 37.3 Å². The summed E-state index contributed by atoms with van der Waals surface area (Å²) in [6, 6.07) is 6.34. The van der Waals surface area contributed by atoms with E-state index in [2.05, 4.69) is 4.72 Å². The third-order valence-corrected chi connectivity index (χ3v) is 5.04. The molecule has 21 heavy (non-hydrogen) atoms. The van der Waals surface area contributed by atoms with Crippen LogP contribution in [0.25, 0.3) is 0 Å². The van der Waals surface area contributed by atoms with Gasteiger partial charge in [0.25, 0.3) is 0 Å². The lowest BCUT2D eigenvalue weighted by molar-refractivity contribution is -0.136. The molecule has 1 aromatic rings. The van der Waals surface area contributed by atoms with Gasteiger partial charge in [0.2, 0.25) is 10.0 Å². The summed E-state index contributed by atoms with van der Waals surface area (Å²) >= 11 is 0. The molecule has 9 heteroatoms. The highest BCUT2D eigenvalue weighted by Gasteiger charge is 2.14. The standard InChI is InChI=1S/C12H17NO6S2/c1-20(16,17)7-8-21(18,19)13-11-4-2-3-10(9-11)5-6-12(14)15/h2-4,9,13H,5-8H2,1H3,(H,14,15). The van der Waals surface area contributed by atoms with E-state index in [1.165, 1.54) is 12.1 Å². The van der Waals surface area contributed by atoms with Crippen LogP contribution in [-0.2, 0) is 31.1 Å². The van der Waals surface area contributed by atoms with E-state index in [9.17, 15) is 21.6 Å². The zero-order valence-electron chi connectivity index (χ0n) is 11.4. The van der Waals surface area contributed by atoms with Crippen LogP contribution in [0.2, 0.25) is 0 Å². The minimum atomic E-state index is -3.76. The van der Waals surface area contributed by atoms with Gasteiger partial charge in [0.15, 0.2) is 0 Å². The number of aryl methyl sites for hydroxylation is 1. The third kappa shape index (κ3) is 7.66. The molecule has 0 atom stereocenters. The number of aliphatic carboxylic acids is 1. The van der Waals surface area contributed by atoms with Gasteiger partial charge in [-0.05, 0) is 24.1 Å². The van der Waals surface area contributed by atoms with Gasteiger partial charge in [0.1, 0.15) is 9.84 Å². The Morgan fingerprint density at radius 3 is 2.43 bits per heavy atom. The number of carboxylic acids is 1. The molecule has 0 saturated heterocycles. The number of carbonyl (C=O) groups is 1. The summed E-state index contributed by atoms with van der Waals surface area (Å²) in [6.07, 6.45) is 1.20. The number of rotatable bonds is 8. The smallest absolute Gasteiger partial charge is 0.303 e. The number of anilines is 1. The van der Waals surface area contributed by atoms with E-state index in [4.69, 9.17) is 5.11 Å². The molecule has 0 unspecified atom stereocenters. The fourth-order valence-electron chi connectivity index (χ4n) is 1.53. The van der Waals surface area contributed by atoms with E-state index in [0.717, 1.165) is 6.26 Å². The van der Waals surface area contributed by atoms with Crippen molar-refractivity contribution in [3.05, 3.63) is 29.8 Å². The van der Waals surface area contributed by atoms with Gasteiger partial charge in [0, 0.05) is 18.4 Å². The highest BCUT2D eigenvalue weighted by atomic mass is 32.2. The zero-order chi connectivity index (χ0) is 16.1. The van der Waals surface area contributed by atoms with Gasteiger partial charge in [-0.1, -0.05) is 12.1 Å². The normalized spacial score (nSPS) is 12.0. The summed E-state index contributed by atoms with van der Waals surface area (Å²) in [5.41, 5.74) is 0.965. The lowest BCUT2D eigenvalue weighted by atomic mass is 10.1. The summed E-state index contributed by atoms with van der Waals surface area (Å²) in [5.74, 6) is -1.92. The molecule has 0 saturated carbocycles. The second-order valence-electron chi connectivity index (χ2n) is 4.64. The maximum atomic E-state index is 11.8. The lowest BCUT2D eigenvalue weighted by Gasteiger charge is -2.09. The predicted octanol–water partition coefficient (Wildman–Crippen LogP) is 0.490. The number of hydrogen-bond donors (Lipinski definition) is 2. The predicted molar refractivity (Wildman–Crippen MR) is 79.5 cm³/mol. The van der Waals surface area contributed by atoms with Crippen LogP contribution >= 0.6 is 0 Å². The van der Waals surface area contributed by atoms with Crippen LogP contribution in [0.4, 0.5) is 5.69 Å². The minimum Gasteiger partial charge on any atom is -0.481 e. The molecule has 0 heterocycles. The maximum absolute atomic E-state index is 11.8. The molecule has 0 aliphatic carbocycles. The van der Waals surface area contributed by atoms with Crippen LogP contribution in [0.15, 0.2) is 24.3 Å². The number of sulfonamides is 1. The van der Waals surface area contributed by atoms with Gasteiger partial charge in [-0.3, -0.25) is 9.52 Å². The quantitative estimate of drug-likeness (QED) is 0.714. The average molecular weight is 335 g/mol. The van der Waals surface area contributed by atoms with Gasteiger partial charge in [0.05, 0.1) is 11.5 Å². The highest BCUT2D eigenvalue weighted by Crippen LogP contribution is 2.14. The van der Waals surface area contributed by atoms with E-state index in [0.29, 0.717) is 5.56 Å². The average Bonchev–Trinajstić information content (AvgIpc) is 2.33. The largest absolute Gasteiger partial charge is 0.481 e. The molecule has 1 aromatic carbocycles. The first-order valence-corrected chi connectivity index (χ1v) is 9.78. The van der Waals surface area contributed by atoms with Crippen molar-refractivity contribution in [2.75, 3.05) is 22.5 Å². The number of nitrogens with one attached hydrogen (secondary N) is 1. The van der Waals surface area contributed by atoms with Crippen LogP contribution in [0.3, 0.4) is 0 Å². The Morgan fingerprint density at radius 2 is 1.86 bits per heavy atom. The first-order valence-electron chi connectivity index (χ1n) is 6.06. The number of hydrogen-bond acceptors (Lipinski definition) is 5. The molecule has 0 aliphatic heterocycles. The Morgan fingerprint density at radius 1 is 1.19 bits per heavy atom. The first-order chi connectivity index (χ1) is 9.57. The first kappa shape index (κ1) is 17.4. The van der Waals surface area contributed by atoms with Crippen molar-refractivity contribution >= 4 is 31.5 Å². The molecular formula is C12H17NO6S2. The van der Waals surface area contributed by atoms with Crippen molar-refractivity contribution in [1.29, 1.82) is 0 Å². The third-order valence-electron chi connectivity index (χ3n) is 2.55. The van der Waals surface area contributed by atoms with Crippen molar-refractivity contribution < 1.29 is 26.7 Å². The zero-order valence-corrected chi connectivity index (χ0v) is 13.1. The van der Waals surface area contributed by atoms with Crippen molar-refractivity contribution in [3.63, 3.8) is 0 Å². The molecule has 0 aliphatic rings. The number of carboxylic acid groups (broad SMARTS) is 1. The Hall–Kier alpha value is -1.61. The van der Waals surface area contributed by atoms with Crippen LogP contribution < -0.4 is 4.72 Å². The maximum Gasteiger partial charge on any atom is 0.303 e. The molecule has 118 valence electrons. The minimum absolute atomic E-state index is 0.0513. The van der Waals surface area contributed by atoms with Crippen molar-refractivity contribution in [3.8, 4) is 0 Å². The van der Waals surface area contributed by atoms with E-state index in [-0.39, 0.29) is 18.5 Å². The highest BCUT2D eigenvalue weighted by molar-refractivity contribution is 7.95. The molecule has 0 radical (unpaired) electrons. The van der Waals surface area contributed by atoms with Gasteiger partial charge >= 0.3 is 5.97 Å². The van der Waals surface area contributed by atoms with Crippen molar-refractivity contribution in [2.45, 2.75) is 12.8 Å². The molecule has 7 nitrogen and oxygen atoms in total. The second-order valence-corrected chi connectivity index (χ2v) is 8.75. The fraction of sp³-hybridized carbons (Fsp3) is 0.417. The fourth-order valence-corrected chi connectivity index (χ4v) is 4.21. The van der Waals surface area contributed by atoms with Gasteiger partial charge in [-0.25, -0.2) is 16.8 Å². The van der Waals surface area contributed by atoms with Crippen LogP contribution in [0, 0.1) is 0 Å². The number of benzene rings is 1. The van der Waals surface area contributed by atoms with Crippen molar-refractivity contribution in [1.82, 2.24) is 0 Å². The molecule has 0 bridgehead atoms. The summed E-state index contributed by atoms with van der Waals surface area (Å²) in [4.78, 5) is 10.5. The van der Waals surface area contributed by atoms with E-state index in [1.54, 1.807) is 12.1 Å². The SMILES string of the molecule is CS(=O)(=O)CCS(=O)(=O)Nc1cccc(CCC(=O)O)c1. The van der Waals surface area contributed by atoms with E-state index in [1.807, 2.05) is 0 Å². The molecule has 2 N–H and O–H groups in total. The molecule has 1 rings (SSSR count). The van der Waals surface area contributed by atoms with Crippen LogP contribution in [-0.4, -0.2) is 45.7 Å². The molecule has 0 spiro atoms. The summed E-state index contributed by atoms with van der Waals surface area (Å²) < 4.78 is 47.8. The second kappa shape index (κ2) is 6.90. The van der Waals surface area contributed by atoms with Crippen molar-refractivity contribution in [2.24, 2.45) is 0 Å². The molecule has 0 aromatic heterocycles. The van der Waals surface area contributed by atoms with Gasteiger partial charge in [-0.15, -0.1) is 0 Å². The number of sulfone groups is 1. The molecular weight excluding hydrogens is 318 g/mol. The lowest BCUT2D eigenvalue weighted by Crippen LogP contribution is -2.22. The topological polar surface area (TPSA) is 118 Å². The van der Waals surface area contributed by atoms with Gasteiger partial charge in [-0.2, -0.15) is 0 Å². The van der Waals surface area contributed by atoms with Crippen LogP contribution in [0.5, 0.6) is 0 Å². The Labute approximate surface area is 124 Å². The Kier molecular flexibility index (Phi) is 5.73. The van der Waals surface area contributed by atoms with Crippen LogP contribution in [0.1, 0.15) is 12.0 Å². The monoisotopic (exact) mass is 335 g/mol. The van der Waals surface area contributed by atoms with E-state index >= 15 is 0 Å².